The first kappa shape index (κ1) is 17.2. The predicted octanol–water partition coefficient (Wildman–Crippen LogP) is 1.82. The highest BCUT2D eigenvalue weighted by Crippen LogP contribution is 2.29. The lowest BCUT2D eigenvalue weighted by Crippen LogP contribution is -2.35. The zero-order valence-corrected chi connectivity index (χ0v) is 11.8. The van der Waals surface area contributed by atoms with Crippen LogP contribution in [-0.2, 0) is 10.0 Å². The van der Waals surface area contributed by atoms with Gasteiger partial charge in [0.25, 0.3) is 5.69 Å². The van der Waals surface area contributed by atoms with Crippen LogP contribution in [0.5, 0.6) is 0 Å². The smallest absolute Gasteiger partial charge is 0.383 e. The van der Waals surface area contributed by atoms with Gasteiger partial charge in [-0.05, 0) is 12.1 Å². The second kappa shape index (κ2) is 5.85. The molecule has 7 nitrogen and oxygen atoms in total. The van der Waals surface area contributed by atoms with E-state index >= 15 is 0 Å². The van der Waals surface area contributed by atoms with E-state index in [-0.39, 0.29) is 15.7 Å². The van der Waals surface area contributed by atoms with Gasteiger partial charge in [-0.2, -0.15) is 17.5 Å². The maximum absolute atomic E-state index is 12.3. The number of nitrogens with zero attached hydrogens (tertiary/aromatic N) is 2. The van der Waals surface area contributed by atoms with Crippen molar-refractivity contribution in [3.05, 3.63) is 28.3 Å². The minimum Gasteiger partial charge on any atom is -0.383 e. The number of nitrogens with one attached hydrogen (secondary N) is 1. The molecule has 0 aliphatic heterocycles. The van der Waals surface area contributed by atoms with E-state index in [0.717, 1.165) is 25.2 Å². The molecule has 0 spiro atoms. The van der Waals surface area contributed by atoms with Gasteiger partial charge in [0.1, 0.15) is 12.2 Å². The molecule has 1 rings (SSSR count). The number of alkyl halides is 3. The quantitative estimate of drug-likeness (QED) is 0.658. The Morgan fingerprint density at radius 3 is 2.38 bits per heavy atom. The summed E-state index contributed by atoms with van der Waals surface area (Å²) in [5, 5.41) is 13.1. The summed E-state index contributed by atoms with van der Waals surface area (Å²) in [7, 11) is -2.28. The Balaban J connectivity index is 3.24. The molecule has 21 heavy (non-hydrogen) atoms. The molecule has 0 bridgehead atoms. The van der Waals surface area contributed by atoms with Crippen molar-refractivity contribution < 1.29 is 26.5 Å². The van der Waals surface area contributed by atoms with Gasteiger partial charge in [-0.15, -0.1) is 0 Å². The highest BCUT2D eigenvalue weighted by Gasteiger charge is 2.35. The zero-order chi connectivity index (χ0) is 16.4. The van der Waals surface area contributed by atoms with E-state index in [1.165, 1.54) is 7.05 Å². The first-order valence-electron chi connectivity index (χ1n) is 5.48. The molecule has 0 fully saturated rings. The summed E-state index contributed by atoms with van der Waals surface area (Å²) in [5.74, 6) is 0. The average Bonchev–Trinajstić information content (AvgIpc) is 2.35. The molecule has 0 atom stereocenters. The molecule has 1 aromatic rings. The van der Waals surface area contributed by atoms with Crippen molar-refractivity contribution in [1.29, 1.82) is 0 Å². The zero-order valence-electron chi connectivity index (χ0n) is 11.0. The molecule has 0 aliphatic rings. The van der Waals surface area contributed by atoms with E-state index in [2.05, 4.69) is 5.32 Å². The van der Waals surface area contributed by atoms with Crippen LogP contribution < -0.4 is 5.32 Å². The molecule has 0 saturated heterocycles. The minimum atomic E-state index is -4.69. The Hall–Kier alpha value is -1.88. The molecule has 118 valence electrons. The fourth-order valence-electron chi connectivity index (χ4n) is 1.55. The lowest BCUT2D eigenvalue weighted by Gasteiger charge is -2.19. The summed E-state index contributed by atoms with van der Waals surface area (Å²) < 4.78 is 60.9. The van der Waals surface area contributed by atoms with Crippen molar-refractivity contribution in [2.24, 2.45) is 0 Å². The largest absolute Gasteiger partial charge is 0.402 e. The van der Waals surface area contributed by atoms with E-state index in [0.29, 0.717) is 0 Å². The van der Waals surface area contributed by atoms with Gasteiger partial charge >= 0.3 is 6.18 Å². The second-order valence-corrected chi connectivity index (χ2v) is 6.11. The van der Waals surface area contributed by atoms with Crippen molar-refractivity contribution in [2.75, 3.05) is 26.0 Å². The molecule has 0 saturated carbocycles. The summed E-state index contributed by atoms with van der Waals surface area (Å²) in [6, 6.07) is 2.72. The fourth-order valence-corrected chi connectivity index (χ4v) is 2.74. The van der Waals surface area contributed by atoms with Gasteiger partial charge in [-0.25, -0.2) is 8.42 Å². The highest BCUT2D eigenvalue weighted by atomic mass is 32.2. The maximum Gasteiger partial charge on any atom is 0.402 e. The Kier molecular flexibility index (Phi) is 4.79. The van der Waals surface area contributed by atoms with E-state index in [4.69, 9.17) is 0 Å². The topological polar surface area (TPSA) is 92.6 Å². The Morgan fingerprint density at radius 1 is 1.38 bits per heavy atom. The molecular weight excluding hydrogens is 315 g/mol. The summed E-state index contributed by atoms with van der Waals surface area (Å²) >= 11 is 0. The van der Waals surface area contributed by atoms with Gasteiger partial charge in [-0.3, -0.25) is 10.1 Å². The Bertz CT molecular complexity index is 645. The standard InChI is InChI=1S/C10H12F3N3O4S/c1-14-8-5-7(3-4-9(8)16(17)18)21(19,20)15(2)6-10(11,12)13/h3-5,14H,6H2,1-2H3. The molecule has 0 unspecified atom stereocenters. The van der Waals surface area contributed by atoms with Crippen LogP contribution in [0.3, 0.4) is 0 Å². The van der Waals surface area contributed by atoms with Crippen molar-refractivity contribution in [3.8, 4) is 0 Å². The lowest BCUT2D eigenvalue weighted by molar-refractivity contribution is -0.384. The number of halogens is 3. The summed E-state index contributed by atoms with van der Waals surface area (Å²) in [6.07, 6.45) is -4.69. The predicted molar refractivity (Wildman–Crippen MR) is 68.5 cm³/mol. The molecular formula is C10H12F3N3O4S. The van der Waals surface area contributed by atoms with Crippen LogP contribution in [0.25, 0.3) is 0 Å². The normalized spacial score (nSPS) is 12.5. The Morgan fingerprint density at radius 2 is 1.95 bits per heavy atom. The van der Waals surface area contributed by atoms with Gasteiger partial charge in [0.15, 0.2) is 0 Å². The second-order valence-electron chi connectivity index (χ2n) is 4.06. The number of hydrogen-bond donors (Lipinski definition) is 1. The van der Waals surface area contributed by atoms with Gasteiger partial charge in [-0.1, -0.05) is 0 Å². The number of benzene rings is 1. The van der Waals surface area contributed by atoms with Gasteiger partial charge in [0, 0.05) is 20.2 Å². The third-order valence-electron chi connectivity index (χ3n) is 2.54. The fraction of sp³-hybridized carbons (Fsp3) is 0.400. The first-order valence-corrected chi connectivity index (χ1v) is 6.92. The summed E-state index contributed by atoms with van der Waals surface area (Å²) in [4.78, 5) is 9.52. The number of nitro groups is 1. The number of rotatable bonds is 5. The monoisotopic (exact) mass is 327 g/mol. The SMILES string of the molecule is CNc1cc(S(=O)(=O)N(C)CC(F)(F)F)ccc1[N+](=O)[O-]. The average molecular weight is 327 g/mol. The third-order valence-corrected chi connectivity index (χ3v) is 4.34. The van der Waals surface area contributed by atoms with Crippen LogP contribution in [-0.4, -0.2) is 44.5 Å². The van der Waals surface area contributed by atoms with Crippen LogP contribution in [0.1, 0.15) is 0 Å². The van der Waals surface area contributed by atoms with Crippen molar-refractivity contribution in [2.45, 2.75) is 11.1 Å². The van der Waals surface area contributed by atoms with E-state index in [1.807, 2.05) is 0 Å². The molecule has 0 aromatic heterocycles. The van der Waals surface area contributed by atoms with Gasteiger partial charge < -0.3 is 5.32 Å². The van der Waals surface area contributed by atoms with Crippen LogP contribution in [0.15, 0.2) is 23.1 Å². The lowest BCUT2D eigenvalue weighted by atomic mass is 10.3. The maximum atomic E-state index is 12.3. The molecule has 0 heterocycles. The third kappa shape index (κ3) is 4.04. The van der Waals surface area contributed by atoms with Crippen molar-refractivity contribution in [1.82, 2.24) is 4.31 Å². The number of hydrogen-bond acceptors (Lipinski definition) is 5. The van der Waals surface area contributed by atoms with Crippen LogP contribution in [0.4, 0.5) is 24.5 Å². The van der Waals surface area contributed by atoms with Gasteiger partial charge in [0.05, 0.1) is 9.82 Å². The summed E-state index contributed by atoms with van der Waals surface area (Å²) in [6.45, 7) is -1.65. The molecule has 1 aromatic carbocycles. The molecule has 0 amide bonds. The highest BCUT2D eigenvalue weighted by molar-refractivity contribution is 7.89. The molecule has 1 N–H and O–H groups in total. The van der Waals surface area contributed by atoms with Crippen LogP contribution in [0.2, 0.25) is 0 Å². The van der Waals surface area contributed by atoms with Crippen molar-refractivity contribution >= 4 is 21.4 Å². The van der Waals surface area contributed by atoms with E-state index in [9.17, 15) is 31.7 Å². The van der Waals surface area contributed by atoms with Crippen LogP contribution >= 0.6 is 0 Å². The van der Waals surface area contributed by atoms with Crippen LogP contribution in [0, 0.1) is 10.1 Å². The number of anilines is 1. The Labute approximate surface area is 118 Å². The van der Waals surface area contributed by atoms with E-state index < -0.39 is 32.6 Å². The van der Waals surface area contributed by atoms with Gasteiger partial charge in [0.2, 0.25) is 10.0 Å². The number of sulfonamides is 1. The molecule has 0 radical (unpaired) electrons. The minimum absolute atomic E-state index is 0.110. The van der Waals surface area contributed by atoms with Crippen molar-refractivity contribution in [3.63, 3.8) is 0 Å². The molecule has 0 aliphatic carbocycles. The summed E-state index contributed by atoms with van der Waals surface area (Å²) in [5.41, 5.74) is -0.489. The first-order chi connectivity index (χ1) is 9.49. The molecule has 11 heteroatoms. The number of nitro benzene ring substituents is 1. The van der Waals surface area contributed by atoms with E-state index in [1.54, 1.807) is 0 Å².